The van der Waals surface area contributed by atoms with E-state index in [9.17, 15) is 4.79 Å². The summed E-state index contributed by atoms with van der Waals surface area (Å²) in [6, 6.07) is 0. The van der Waals surface area contributed by atoms with Crippen LogP contribution >= 0.6 is 0 Å². The summed E-state index contributed by atoms with van der Waals surface area (Å²) in [5, 5.41) is 6.16. The molecule has 1 aliphatic heterocycles. The minimum absolute atomic E-state index is 0.147. The molecule has 4 heteroatoms. The first kappa shape index (κ1) is 13.5. The molecule has 0 unspecified atom stereocenters. The van der Waals surface area contributed by atoms with Crippen LogP contribution in [-0.4, -0.2) is 38.8 Å². The first-order valence-corrected chi connectivity index (χ1v) is 6.21. The molecular formula is C12H24N2O2. The van der Waals surface area contributed by atoms with E-state index < -0.39 is 0 Å². The Hall–Kier alpha value is -0.610. The number of carbonyl (C=O) groups is 1. The highest BCUT2D eigenvalue weighted by Crippen LogP contribution is 2.28. The van der Waals surface area contributed by atoms with Crippen molar-refractivity contribution >= 4 is 5.91 Å². The van der Waals surface area contributed by atoms with E-state index in [-0.39, 0.29) is 11.3 Å². The average Bonchev–Trinajstić information content (AvgIpc) is 2.28. The highest BCUT2D eigenvalue weighted by Gasteiger charge is 2.27. The minimum atomic E-state index is 0.147. The number of hydrogen-bond donors (Lipinski definition) is 2. The third-order valence-corrected chi connectivity index (χ3v) is 3.19. The lowest BCUT2D eigenvalue weighted by Gasteiger charge is -2.33. The van der Waals surface area contributed by atoms with Crippen LogP contribution in [-0.2, 0) is 9.53 Å². The first-order valence-electron chi connectivity index (χ1n) is 6.21. The van der Waals surface area contributed by atoms with E-state index in [1.54, 1.807) is 0 Å². The molecule has 0 atom stereocenters. The zero-order valence-corrected chi connectivity index (χ0v) is 10.5. The molecule has 0 aromatic heterocycles. The zero-order valence-electron chi connectivity index (χ0n) is 10.5. The molecular weight excluding hydrogens is 204 g/mol. The lowest BCUT2D eigenvalue weighted by molar-refractivity contribution is -0.121. The highest BCUT2D eigenvalue weighted by molar-refractivity contribution is 5.76. The van der Waals surface area contributed by atoms with Crippen LogP contribution in [0.5, 0.6) is 0 Å². The van der Waals surface area contributed by atoms with Crippen molar-refractivity contribution in [1.29, 1.82) is 0 Å². The van der Waals surface area contributed by atoms with Crippen molar-refractivity contribution in [3.63, 3.8) is 0 Å². The third kappa shape index (κ3) is 4.94. The van der Waals surface area contributed by atoms with Crippen LogP contribution in [0.15, 0.2) is 0 Å². The van der Waals surface area contributed by atoms with Gasteiger partial charge in [-0.05, 0) is 24.8 Å². The number of hydrogen-bond acceptors (Lipinski definition) is 3. The summed E-state index contributed by atoms with van der Waals surface area (Å²) in [6.45, 7) is 8.38. The molecule has 1 aliphatic rings. The second-order valence-electron chi connectivity index (χ2n) is 4.80. The van der Waals surface area contributed by atoms with Gasteiger partial charge >= 0.3 is 0 Å². The molecule has 0 bridgehead atoms. The maximum atomic E-state index is 11.5. The van der Waals surface area contributed by atoms with Gasteiger partial charge in [-0.3, -0.25) is 4.79 Å². The summed E-state index contributed by atoms with van der Waals surface area (Å²) >= 11 is 0. The Labute approximate surface area is 98.1 Å². The Bertz CT molecular complexity index is 213. The fourth-order valence-electron chi connectivity index (χ4n) is 1.82. The van der Waals surface area contributed by atoms with E-state index in [0.717, 1.165) is 45.7 Å². The van der Waals surface area contributed by atoms with Gasteiger partial charge in [0, 0.05) is 32.7 Å². The molecule has 0 aliphatic carbocycles. The van der Waals surface area contributed by atoms with Crippen LogP contribution in [0.25, 0.3) is 0 Å². The molecule has 0 aromatic carbocycles. The molecule has 0 saturated carbocycles. The molecule has 0 aromatic rings. The van der Waals surface area contributed by atoms with Gasteiger partial charge in [-0.15, -0.1) is 0 Å². The van der Waals surface area contributed by atoms with E-state index in [0.29, 0.717) is 6.42 Å². The minimum Gasteiger partial charge on any atom is -0.381 e. The van der Waals surface area contributed by atoms with E-state index in [4.69, 9.17) is 4.74 Å². The number of rotatable bonds is 6. The van der Waals surface area contributed by atoms with Crippen LogP contribution in [0, 0.1) is 5.41 Å². The summed E-state index contributed by atoms with van der Waals surface area (Å²) in [5.74, 6) is 0.147. The molecule has 2 N–H and O–H groups in total. The average molecular weight is 228 g/mol. The van der Waals surface area contributed by atoms with Crippen molar-refractivity contribution < 1.29 is 9.53 Å². The monoisotopic (exact) mass is 228 g/mol. The van der Waals surface area contributed by atoms with Crippen molar-refractivity contribution in [2.75, 3.05) is 32.8 Å². The highest BCUT2D eigenvalue weighted by atomic mass is 16.5. The molecule has 1 rings (SSSR count). The van der Waals surface area contributed by atoms with Crippen LogP contribution in [0.3, 0.4) is 0 Å². The van der Waals surface area contributed by atoms with Crippen molar-refractivity contribution in [3.8, 4) is 0 Å². The predicted molar refractivity (Wildman–Crippen MR) is 64.3 cm³/mol. The fraction of sp³-hybridized carbons (Fsp3) is 0.917. The molecule has 94 valence electrons. The summed E-state index contributed by atoms with van der Waals surface area (Å²) in [4.78, 5) is 11.5. The Balaban J connectivity index is 2.14. The van der Waals surface area contributed by atoms with E-state index in [2.05, 4.69) is 17.6 Å². The maximum Gasteiger partial charge on any atom is 0.221 e. The van der Waals surface area contributed by atoms with Gasteiger partial charge in [-0.2, -0.15) is 0 Å². The Kier molecular flexibility index (Phi) is 5.77. The van der Waals surface area contributed by atoms with Gasteiger partial charge in [0.1, 0.15) is 0 Å². The number of ether oxygens (including phenoxy) is 1. The van der Waals surface area contributed by atoms with E-state index in [1.807, 2.05) is 6.92 Å². The fourth-order valence-corrected chi connectivity index (χ4v) is 1.82. The number of carbonyl (C=O) groups excluding carboxylic acids is 1. The van der Waals surface area contributed by atoms with Crippen LogP contribution in [0.2, 0.25) is 0 Å². The second kappa shape index (κ2) is 6.86. The maximum absolute atomic E-state index is 11.5. The van der Waals surface area contributed by atoms with Gasteiger partial charge in [0.2, 0.25) is 5.91 Å². The molecule has 0 radical (unpaired) electrons. The number of amides is 1. The lowest BCUT2D eigenvalue weighted by Crippen LogP contribution is -2.40. The molecule has 1 amide bonds. The summed E-state index contributed by atoms with van der Waals surface area (Å²) in [6.07, 6.45) is 2.65. The molecule has 0 spiro atoms. The van der Waals surface area contributed by atoms with Gasteiger partial charge < -0.3 is 15.4 Å². The van der Waals surface area contributed by atoms with Crippen LogP contribution in [0.4, 0.5) is 0 Å². The molecule has 4 nitrogen and oxygen atoms in total. The first-order chi connectivity index (χ1) is 7.66. The van der Waals surface area contributed by atoms with Gasteiger partial charge in [-0.25, -0.2) is 0 Å². The summed E-state index contributed by atoms with van der Waals surface area (Å²) in [5.41, 5.74) is 0.228. The van der Waals surface area contributed by atoms with Crippen LogP contribution < -0.4 is 10.6 Å². The van der Waals surface area contributed by atoms with Gasteiger partial charge in [0.15, 0.2) is 0 Å². The topological polar surface area (TPSA) is 50.4 Å². The lowest BCUT2D eigenvalue weighted by atomic mass is 9.82. The molecule has 1 fully saturated rings. The Morgan fingerprint density at radius 1 is 1.38 bits per heavy atom. The van der Waals surface area contributed by atoms with E-state index >= 15 is 0 Å². The normalized spacial score (nSPS) is 19.4. The van der Waals surface area contributed by atoms with Gasteiger partial charge in [0.05, 0.1) is 0 Å². The Morgan fingerprint density at radius 2 is 2.06 bits per heavy atom. The van der Waals surface area contributed by atoms with Gasteiger partial charge in [-0.1, -0.05) is 13.8 Å². The van der Waals surface area contributed by atoms with Crippen LogP contribution in [0.1, 0.15) is 33.1 Å². The second-order valence-corrected chi connectivity index (χ2v) is 4.80. The molecule has 16 heavy (non-hydrogen) atoms. The van der Waals surface area contributed by atoms with Crippen molar-refractivity contribution in [2.24, 2.45) is 5.41 Å². The smallest absolute Gasteiger partial charge is 0.221 e. The quantitative estimate of drug-likeness (QED) is 0.665. The van der Waals surface area contributed by atoms with E-state index in [1.165, 1.54) is 0 Å². The van der Waals surface area contributed by atoms with Gasteiger partial charge in [0.25, 0.3) is 0 Å². The van der Waals surface area contributed by atoms with Crippen molar-refractivity contribution in [3.05, 3.63) is 0 Å². The standard InChI is InChI=1S/C12H24N2O2/c1-3-13-7-4-11(15)14-10-12(2)5-8-16-9-6-12/h13H,3-10H2,1-2H3,(H,14,15). The summed E-state index contributed by atoms with van der Waals surface area (Å²) in [7, 11) is 0. The van der Waals surface area contributed by atoms with Crippen molar-refractivity contribution in [2.45, 2.75) is 33.1 Å². The number of nitrogens with one attached hydrogen (secondary N) is 2. The SMILES string of the molecule is CCNCCC(=O)NCC1(C)CCOCC1. The summed E-state index contributed by atoms with van der Waals surface area (Å²) < 4.78 is 5.33. The Morgan fingerprint density at radius 3 is 2.69 bits per heavy atom. The largest absolute Gasteiger partial charge is 0.381 e. The third-order valence-electron chi connectivity index (χ3n) is 3.19. The van der Waals surface area contributed by atoms with Crippen molar-refractivity contribution in [1.82, 2.24) is 10.6 Å². The molecule has 1 heterocycles. The zero-order chi connectivity index (χ0) is 11.9. The molecule has 1 saturated heterocycles. The predicted octanol–water partition coefficient (Wildman–Crippen LogP) is 0.919.